The lowest BCUT2D eigenvalue weighted by Crippen LogP contribution is -2.50. The maximum atomic E-state index is 13.8. The number of nitrogens with two attached hydrogens (primary N) is 1. The van der Waals surface area contributed by atoms with Crippen molar-refractivity contribution in [3.63, 3.8) is 0 Å². The molecule has 0 radical (unpaired) electrons. The number of rotatable bonds is 8. The summed E-state index contributed by atoms with van der Waals surface area (Å²) in [6, 6.07) is 6.91. The molecule has 2 N–H and O–H groups in total. The van der Waals surface area contributed by atoms with Crippen LogP contribution in [0.25, 0.3) is 0 Å². The Morgan fingerprint density at radius 3 is 2.53 bits per heavy atom. The van der Waals surface area contributed by atoms with Crippen molar-refractivity contribution in [1.82, 2.24) is 4.90 Å². The number of oxime groups is 1. The van der Waals surface area contributed by atoms with Gasteiger partial charge in [-0.2, -0.15) is 0 Å². The molecular formula is C28H35N3O6S. The lowest BCUT2D eigenvalue weighted by molar-refractivity contribution is -0.152. The Balaban J connectivity index is 2.06. The number of fused-ring (bicyclic) bond motifs is 3. The largest absolute Gasteiger partial charge is 0.493 e. The Labute approximate surface area is 227 Å². The lowest BCUT2D eigenvalue weighted by Gasteiger charge is -2.42. The molecule has 38 heavy (non-hydrogen) atoms. The van der Waals surface area contributed by atoms with E-state index in [0.717, 1.165) is 11.1 Å². The number of esters is 1. The summed E-state index contributed by atoms with van der Waals surface area (Å²) in [6.45, 7) is 9.71. The van der Waals surface area contributed by atoms with Gasteiger partial charge in [-0.05, 0) is 75.7 Å². The number of methoxy groups -OCH3 is 1. The van der Waals surface area contributed by atoms with Crippen molar-refractivity contribution in [1.29, 1.82) is 0 Å². The second kappa shape index (κ2) is 10.3. The first-order valence-corrected chi connectivity index (χ1v) is 13.4. The van der Waals surface area contributed by atoms with Crippen molar-refractivity contribution < 1.29 is 28.6 Å². The number of hydrogen-bond donors (Lipinski definition) is 1. The highest BCUT2D eigenvalue weighted by atomic mass is 32.1. The number of primary amides is 1. The van der Waals surface area contributed by atoms with Crippen LogP contribution in [-0.2, 0) is 31.0 Å². The minimum atomic E-state index is -1.44. The summed E-state index contributed by atoms with van der Waals surface area (Å²) in [4.78, 5) is 35.2. The van der Waals surface area contributed by atoms with Crippen molar-refractivity contribution in [3.8, 4) is 11.5 Å². The molecule has 2 aliphatic rings. The quantitative estimate of drug-likeness (QED) is 0.304. The third kappa shape index (κ3) is 4.62. The maximum Gasteiger partial charge on any atom is 0.355 e. The second-order valence-electron chi connectivity index (χ2n) is 10.5. The fourth-order valence-corrected chi connectivity index (χ4v) is 6.28. The second-order valence-corrected chi connectivity index (χ2v) is 11.5. The highest BCUT2D eigenvalue weighted by Gasteiger charge is 2.61. The number of hydrogen-bond acceptors (Lipinski definition) is 9. The molecule has 0 saturated heterocycles. The van der Waals surface area contributed by atoms with Gasteiger partial charge in [-0.25, -0.2) is 4.79 Å². The minimum absolute atomic E-state index is 0.108. The van der Waals surface area contributed by atoms with Crippen LogP contribution in [0.15, 0.2) is 46.1 Å². The Bertz CT molecular complexity index is 1280. The topological polar surface area (TPSA) is 113 Å². The smallest absolute Gasteiger partial charge is 0.355 e. The van der Waals surface area contributed by atoms with Gasteiger partial charge in [-0.3, -0.25) is 4.79 Å². The zero-order valence-corrected chi connectivity index (χ0v) is 23.7. The monoisotopic (exact) mass is 541 g/mol. The summed E-state index contributed by atoms with van der Waals surface area (Å²) >= 11 is 1.39. The zero-order valence-electron chi connectivity index (χ0n) is 22.9. The van der Waals surface area contributed by atoms with Crippen LogP contribution in [0.5, 0.6) is 11.5 Å². The van der Waals surface area contributed by atoms with E-state index in [1.54, 1.807) is 27.9 Å². The number of ether oxygens (including phenoxy) is 3. The normalized spacial score (nSPS) is 20.9. The molecule has 3 heterocycles. The fraction of sp³-hybridized carbons (Fsp3) is 0.464. The van der Waals surface area contributed by atoms with Crippen LogP contribution >= 0.6 is 11.3 Å². The summed E-state index contributed by atoms with van der Waals surface area (Å²) in [6.07, 6.45) is 1.91. The molecule has 2 unspecified atom stereocenters. The van der Waals surface area contributed by atoms with E-state index in [1.807, 2.05) is 48.4 Å². The van der Waals surface area contributed by atoms with Gasteiger partial charge in [-0.1, -0.05) is 11.2 Å². The van der Waals surface area contributed by atoms with E-state index in [4.69, 9.17) is 24.8 Å². The van der Waals surface area contributed by atoms with Crippen LogP contribution in [0.4, 0.5) is 0 Å². The third-order valence-electron chi connectivity index (χ3n) is 6.57. The van der Waals surface area contributed by atoms with Crippen molar-refractivity contribution in [2.75, 3.05) is 20.8 Å². The molecule has 0 saturated carbocycles. The first-order valence-electron chi connectivity index (χ1n) is 12.5. The lowest BCUT2D eigenvalue weighted by atomic mass is 9.69. The van der Waals surface area contributed by atoms with Gasteiger partial charge in [0.1, 0.15) is 23.8 Å². The highest BCUT2D eigenvalue weighted by Crippen LogP contribution is 2.58. The Morgan fingerprint density at radius 1 is 1.24 bits per heavy atom. The van der Waals surface area contributed by atoms with Crippen LogP contribution in [0.1, 0.15) is 56.7 Å². The summed E-state index contributed by atoms with van der Waals surface area (Å²) in [5.74, 6) is -0.0203. The average Bonchev–Trinajstić information content (AvgIpc) is 3.45. The minimum Gasteiger partial charge on any atom is -0.493 e. The van der Waals surface area contributed by atoms with E-state index in [9.17, 15) is 9.59 Å². The summed E-state index contributed by atoms with van der Waals surface area (Å²) < 4.78 is 17.6. The molecule has 1 amide bonds. The highest BCUT2D eigenvalue weighted by molar-refractivity contribution is 7.10. The van der Waals surface area contributed by atoms with E-state index in [0.29, 0.717) is 34.9 Å². The van der Waals surface area contributed by atoms with Crippen molar-refractivity contribution in [2.24, 2.45) is 10.9 Å². The first kappa shape index (κ1) is 27.5. The number of nitrogens with zero attached hydrogens (tertiary/aromatic N) is 2. The van der Waals surface area contributed by atoms with E-state index >= 15 is 0 Å². The van der Waals surface area contributed by atoms with Gasteiger partial charge in [0.15, 0.2) is 11.5 Å². The zero-order chi connectivity index (χ0) is 27.8. The fourth-order valence-electron chi connectivity index (χ4n) is 5.31. The summed E-state index contributed by atoms with van der Waals surface area (Å²) in [7, 11) is 3.00. The van der Waals surface area contributed by atoms with E-state index in [2.05, 4.69) is 5.16 Å². The molecule has 2 atom stereocenters. The third-order valence-corrected chi connectivity index (χ3v) is 7.58. The molecule has 1 aromatic carbocycles. The van der Waals surface area contributed by atoms with Crippen LogP contribution < -0.4 is 15.2 Å². The van der Waals surface area contributed by atoms with Crippen molar-refractivity contribution >= 4 is 29.4 Å². The molecule has 4 rings (SSSR count). The van der Waals surface area contributed by atoms with E-state index in [1.165, 1.54) is 24.7 Å². The number of benzene rings is 1. The van der Waals surface area contributed by atoms with Gasteiger partial charge < -0.3 is 29.7 Å². The van der Waals surface area contributed by atoms with E-state index < -0.39 is 28.9 Å². The summed E-state index contributed by atoms with van der Waals surface area (Å²) in [5.41, 5.74) is 6.49. The standard InChI is InChI=1S/C28H35N3O6S/c1-16(2)36-21-14-18-17(13-20(21)34-6)10-11-31-23(25(32)37-27(3,4)5)19(15-30-35-7)28(24(18)31,26(29)33)22-9-8-12-38-22/h8-9,12-16,24H,10-11H2,1-7H3,(H2,29,33). The molecule has 204 valence electrons. The summed E-state index contributed by atoms with van der Waals surface area (Å²) in [5, 5.41) is 5.88. The Hall–Kier alpha value is -3.53. The van der Waals surface area contributed by atoms with Crippen LogP contribution in [0.3, 0.4) is 0 Å². The molecular weight excluding hydrogens is 506 g/mol. The van der Waals surface area contributed by atoms with E-state index in [-0.39, 0.29) is 11.8 Å². The first-order chi connectivity index (χ1) is 17.9. The van der Waals surface area contributed by atoms with Crippen molar-refractivity contribution in [2.45, 2.75) is 64.2 Å². The van der Waals surface area contributed by atoms with Crippen molar-refractivity contribution in [3.05, 3.63) is 56.9 Å². The molecule has 9 nitrogen and oxygen atoms in total. The molecule has 10 heteroatoms. The van der Waals surface area contributed by atoms with Gasteiger partial charge in [0.2, 0.25) is 5.91 Å². The van der Waals surface area contributed by atoms with Crippen LogP contribution in [0.2, 0.25) is 0 Å². The molecule has 2 aliphatic heterocycles. The number of carbonyl (C=O) groups is 2. The van der Waals surface area contributed by atoms with Gasteiger partial charge in [0.25, 0.3) is 0 Å². The van der Waals surface area contributed by atoms with Gasteiger partial charge >= 0.3 is 5.97 Å². The number of carbonyl (C=O) groups excluding carboxylic acids is 2. The maximum absolute atomic E-state index is 13.8. The van der Waals surface area contributed by atoms with Crippen LogP contribution in [0, 0.1) is 0 Å². The molecule has 2 aromatic rings. The number of thiophene rings is 1. The molecule has 0 fully saturated rings. The predicted molar refractivity (Wildman–Crippen MR) is 145 cm³/mol. The molecule has 0 spiro atoms. The predicted octanol–water partition coefficient (Wildman–Crippen LogP) is 4.11. The Morgan fingerprint density at radius 2 is 1.97 bits per heavy atom. The SMILES string of the molecule is CON=CC1=C(C(=O)OC(C)(C)C)N2CCc3cc(OC)c(OC(C)C)cc3C2C1(C(N)=O)c1cccs1. The van der Waals surface area contributed by atoms with Gasteiger partial charge in [0.05, 0.1) is 25.5 Å². The number of amides is 1. The van der Waals surface area contributed by atoms with Gasteiger partial charge in [0, 0.05) is 17.0 Å². The molecule has 1 aromatic heterocycles. The average molecular weight is 542 g/mol. The Kier molecular flexibility index (Phi) is 7.47. The van der Waals surface area contributed by atoms with Crippen LogP contribution in [-0.4, -0.2) is 55.5 Å². The molecule has 0 bridgehead atoms. The molecule has 0 aliphatic carbocycles. The van der Waals surface area contributed by atoms with Gasteiger partial charge in [-0.15, -0.1) is 11.3 Å².